The van der Waals surface area contributed by atoms with Crippen LogP contribution >= 0.6 is 0 Å². The number of aldehydes is 1. The number of hydrogen-bond acceptors (Lipinski definition) is 4. The van der Waals surface area contributed by atoms with Crippen LogP contribution in [0.2, 0.25) is 0 Å². The molecule has 30 heavy (non-hydrogen) atoms. The van der Waals surface area contributed by atoms with E-state index in [1.807, 2.05) is 30.3 Å². The van der Waals surface area contributed by atoms with Crippen molar-refractivity contribution in [3.8, 4) is 23.6 Å². The third-order valence-corrected chi connectivity index (χ3v) is 5.43. The van der Waals surface area contributed by atoms with Gasteiger partial charge in [0.05, 0.1) is 0 Å². The number of terminal acetylenes is 1. The number of aromatic nitrogens is 1. The fourth-order valence-corrected chi connectivity index (χ4v) is 3.72. The number of Topliss-reactive ketones (excluding diaryl/α,β-unsaturated/α-hetero) is 1. The van der Waals surface area contributed by atoms with Gasteiger partial charge >= 0.3 is 0 Å². The molecule has 3 aromatic rings. The smallest absolute Gasteiger partial charge is 0.207 e. The number of nitrogens with zero attached hydrogens (tertiary/aromatic N) is 2. The van der Waals surface area contributed by atoms with E-state index in [9.17, 15) is 9.59 Å². The van der Waals surface area contributed by atoms with Gasteiger partial charge in [0.1, 0.15) is 11.4 Å². The second-order valence-corrected chi connectivity index (χ2v) is 7.38. The molecule has 1 radical (unpaired) electrons. The summed E-state index contributed by atoms with van der Waals surface area (Å²) in [4.78, 5) is 31.2. The summed E-state index contributed by atoms with van der Waals surface area (Å²) in [7, 11) is 2.06. The molecule has 4 nitrogen and oxygen atoms in total. The van der Waals surface area contributed by atoms with Gasteiger partial charge in [0.15, 0.2) is 6.29 Å². The standard InChI is InChI=1S/C26H20N2O2.H/c1-3-18-9-10-20-16-21(11-12-22(20)23(18)17-29)24-7-4-8-25(27-24)26(30)19-6-5-14-28(2)15-13-19;/h1,6,8-12,16-17H,5,13-15H2,2H3;. The molecule has 0 saturated heterocycles. The first kappa shape index (κ1) is 19.6. The topological polar surface area (TPSA) is 50.3 Å². The molecule has 1 aliphatic heterocycles. The maximum Gasteiger partial charge on any atom is 0.207 e. The Hall–Kier alpha value is -3.73. The van der Waals surface area contributed by atoms with Gasteiger partial charge in [0.25, 0.3) is 0 Å². The molecule has 0 saturated carbocycles. The molecule has 2 aromatic carbocycles. The molecule has 2 heterocycles. The van der Waals surface area contributed by atoms with Crippen molar-refractivity contribution in [2.45, 2.75) is 12.8 Å². The number of fused-ring (bicyclic) bond motifs is 1. The van der Waals surface area contributed by atoms with Crippen LogP contribution in [-0.4, -0.2) is 42.1 Å². The van der Waals surface area contributed by atoms with Crippen molar-refractivity contribution in [3.05, 3.63) is 77.0 Å². The third kappa shape index (κ3) is 3.74. The first-order chi connectivity index (χ1) is 14.6. The summed E-state index contributed by atoms with van der Waals surface area (Å²) in [6, 6.07) is 16.8. The molecule has 1 aliphatic rings. The molecule has 4 heteroatoms. The minimum absolute atomic E-state index is 0. The van der Waals surface area contributed by atoms with Gasteiger partial charge < -0.3 is 4.90 Å². The lowest BCUT2D eigenvalue weighted by atomic mass is 9.97. The zero-order chi connectivity index (χ0) is 21.1. The van der Waals surface area contributed by atoms with Crippen LogP contribution in [0.3, 0.4) is 0 Å². The Kier molecular flexibility index (Phi) is 5.44. The Balaban J connectivity index is 0.00000272. The molecule has 0 N–H and O–H groups in total. The fourth-order valence-electron chi connectivity index (χ4n) is 3.72. The first-order valence-corrected chi connectivity index (χ1v) is 9.82. The van der Waals surface area contributed by atoms with Gasteiger partial charge in [0.2, 0.25) is 5.78 Å². The van der Waals surface area contributed by atoms with Crippen LogP contribution < -0.4 is 0 Å². The number of carbonyl (C=O) groups is 2. The van der Waals surface area contributed by atoms with E-state index in [4.69, 9.17) is 6.42 Å². The van der Waals surface area contributed by atoms with Gasteiger partial charge in [-0.15, -0.1) is 6.42 Å². The summed E-state index contributed by atoms with van der Waals surface area (Å²) in [6.45, 7) is 1.81. The zero-order valence-electron chi connectivity index (χ0n) is 17.7. The van der Waals surface area contributed by atoms with Crippen molar-refractivity contribution >= 4 is 22.8 Å². The molecule has 0 atom stereocenters. The van der Waals surface area contributed by atoms with Gasteiger partial charge in [-0.05, 0) is 54.4 Å². The zero-order valence-corrected chi connectivity index (χ0v) is 16.7. The van der Waals surface area contributed by atoms with E-state index in [1.165, 1.54) is 0 Å². The second kappa shape index (κ2) is 8.33. The molecule has 0 amide bonds. The van der Waals surface area contributed by atoms with Crippen molar-refractivity contribution in [1.82, 2.24) is 9.88 Å². The predicted octanol–water partition coefficient (Wildman–Crippen LogP) is 4.24. The monoisotopic (exact) mass is 393 g/mol. The molecule has 0 unspecified atom stereocenters. The van der Waals surface area contributed by atoms with Crippen molar-refractivity contribution in [2.75, 3.05) is 20.1 Å². The van der Waals surface area contributed by atoms with Crippen molar-refractivity contribution in [1.29, 1.82) is 0 Å². The third-order valence-electron chi connectivity index (χ3n) is 5.43. The van der Waals surface area contributed by atoms with E-state index < -0.39 is 0 Å². The van der Waals surface area contributed by atoms with Gasteiger partial charge in [-0.3, -0.25) is 9.59 Å². The second-order valence-electron chi connectivity index (χ2n) is 7.38. The number of rotatable bonds is 4. The molecule has 0 spiro atoms. The first-order valence-electron chi connectivity index (χ1n) is 9.82. The van der Waals surface area contributed by atoms with Crippen molar-refractivity contribution < 1.29 is 11.0 Å². The van der Waals surface area contributed by atoms with Crippen LogP contribution in [-0.2, 0) is 0 Å². The van der Waals surface area contributed by atoms with Crippen LogP contribution in [0, 0.1) is 24.5 Å². The highest BCUT2D eigenvalue weighted by atomic mass is 16.1. The maximum atomic E-state index is 13.0. The Labute approximate surface area is 177 Å². The van der Waals surface area contributed by atoms with Crippen LogP contribution in [0.25, 0.3) is 22.0 Å². The predicted molar refractivity (Wildman–Crippen MR) is 118 cm³/mol. The highest BCUT2D eigenvalue weighted by Crippen LogP contribution is 2.26. The molecule has 147 valence electrons. The summed E-state index contributed by atoms with van der Waals surface area (Å²) in [5.41, 5.74) is 3.58. The van der Waals surface area contributed by atoms with E-state index >= 15 is 0 Å². The van der Waals surface area contributed by atoms with Gasteiger partial charge in [-0.1, -0.05) is 36.3 Å². The average Bonchev–Trinajstić information content (AvgIpc) is 3.01. The van der Waals surface area contributed by atoms with E-state index in [-0.39, 0.29) is 7.21 Å². The SMILES string of the molecule is C#Cc1ccc2cc(-c3c#ccc(C(=O)C4=CCCN(C)CC4)n3)ccc2c1C=O.[H]. The summed E-state index contributed by atoms with van der Waals surface area (Å²) in [6.07, 6.45) is 9.87. The highest BCUT2D eigenvalue weighted by molar-refractivity contribution is 6.07. The maximum absolute atomic E-state index is 13.0. The lowest BCUT2D eigenvalue weighted by Gasteiger charge is -2.12. The van der Waals surface area contributed by atoms with E-state index in [0.717, 1.165) is 47.7 Å². The Morgan fingerprint density at radius 1 is 1.30 bits per heavy atom. The van der Waals surface area contributed by atoms with E-state index in [2.05, 4.69) is 35.0 Å². The van der Waals surface area contributed by atoms with E-state index in [1.54, 1.807) is 12.1 Å². The fraction of sp³-hybridized carbons (Fsp3) is 0.192. The van der Waals surface area contributed by atoms with Crippen molar-refractivity contribution in [3.63, 3.8) is 0 Å². The van der Waals surface area contributed by atoms with Gasteiger partial charge in [-0.25, -0.2) is 4.98 Å². The molecule has 0 fully saturated rings. The largest absolute Gasteiger partial charge is 0.306 e. The Bertz CT molecular complexity index is 1220. The number of ketones is 1. The summed E-state index contributed by atoms with van der Waals surface area (Å²) >= 11 is 0. The summed E-state index contributed by atoms with van der Waals surface area (Å²) < 4.78 is 0. The van der Waals surface area contributed by atoms with Crippen molar-refractivity contribution in [2.24, 2.45) is 0 Å². The number of hydrogen-bond donors (Lipinski definition) is 0. The molecular formula is C26H21N2O2. The molecule has 0 bridgehead atoms. The minimum atomic E-state index is -0.0560. The molecule has 4 rings (SSSR count). The van der Waals surface area contributed by atoms with Crippen LogP contribution in [0.1, 0.15) is 40.7 Å². The van der Waals surface area contributed by atoms with Gasteiger partial charge in [0, 0.05) is 37.3 Å². The lowest BCUT2D eigenvalue weighted by molar-refractivity contribution is 0.102. The average molecular weight is 393 g/mol. The number of benzene rings is 2. The highest BCUT2D eigenvalue weighted by Gasteiger charge is 2.17. The number of carbonyl (C=O) groups excluding carboxylic acids is 2. The molecular weight excluding hydrogens is 372 g/mol. The molecule has 1 aromatic heterocycles. The van der Waals surface area contributed by atoms with Crippen LogP contribution in [0.4, 0.5) is 0 Å². The summed E-state index contributed by atoms with van der Waals surface area (Å²) in [5, 5.41) is 1.66. The molecule has 0 aliphatic carbocycles. The Morgan fingerprint density at radius 3 is 2.97 bits per heavy atom. The Morgan fingerprint density at radius 2 is 2.17 bits per heavy atom. The minimum Gasteiger partial charge on any atom is -0.306 e. The normalized spacial score (nSPS) is 14.3. The quantitative estimate of drug-likeness (QED) is 0.378. The lowest BCUT2D eigenvalue weighted by Crippen LogP contribution is -2.19. The van der Waals surface area contributed by atoms with Crippen LogP contribution in [0.5, 0.6) is 0 Å². The van der Waals surface area contributed by atoms with Crippen LogP contribution in [0.15, 0.2) is 48.0 Å². The summed E-state index contributed by atoms with van der Waals surface area (Å²) in [5.74, 6) is 2.49. The van der Waals surface area contributed by atoms with Gasteiger partial charge in [-0.2, -0.15) is 0 Å². The van der Waals surface area contributed by atoms with E-state index in [0.29, 0.717) is 28.9 Å².